The molecule has 7 heteroatoms. The third-order valence-electron chi connectivity index (χ3n) is 3.18. The Morgan fingerprint density at radius 3 is 2.55 bits per heavy atom. The first-order valence-electron chi connectivity index (χ1n) is 6.37. The minimum absolute atomic E-state index is 0.204. The number of carbonyl (C=O) groups is 2. The number of anilines is 1. The third kappa shape index (κ3) is 4.21. The summed E-state index contributed by atoms with van der Waals surface area (Å²) in [6, 6.07) is 7.35. The van der Waals surface area contributed by atoms with Crippen LogP contribution in [0.25, 0.3) is 0 Å². The molecule has 1 aliphatic heterocycles. The van der Waals surface area contributed by atoms with Gasteiger partial charge < -0.3 is 10.6 Å². The van der Waals surface area contributed by atoms with E-state index in [9.17, 15) is 9.59 Å². The first-order valence-corrected chi connectivity index (χ1v) is 7.16. The second kappa shape index (κ2) is 6.71. The second-order valence-corrected chi connectivity index (χ2v) is 5.57. The number of imide groups is 1. The number of hydrogen-bond donors (Lipinski definition) is 2. The Kier molecular flexibility index (Phi) is 4.97. The van der Waals surface area contributed by atoms with Crippen LogP contribution < -0.4 is 16.0 Å². The molecule has 3 N–H and O–H groups in total. The molecule has 3 amide bonds. The molecule has 108 valence electrons. The van der Waals surface area contributed by atoms with E-state index in [1.807, 2.05) is 17.0 Å². The van der Waals surface area contributed by atoms with Crippen molar-refractivity contribution in [2.45, 2.75) is 0 Å². The number of nitrogens with two attached hydrogens (primary N) is 1. The van der Waals surface area contributed by atoms with Crippen LogP contribution in [-0.2, 0) is 4.79 Å². The molecule has 1 saturated heterocycles. The van der Waals surface area contributed by atoms with Gasteiger partial charge in [-0.3, -0.25) is 15.0 Å². The summed E-state index contributed by atoms with van der Waals surface area (Å²) in [6.07, 6.45) is 0. The highest BCUT2D eigenvalue weighted by Gasteiger charge is 2.19. The number of hydrogen-bond acceptors (Lipinski definition) is 4. The van der Waals surface area contributed by atoms with Crippen molar-refractivity contribution < 1.29 is 9.59 Å². The average molecular weight is 341 g/mol. The zero-order chi connectivity index (χ0) is 14.5. The topological polar surface area (TPSA) is 78.7 Å². The van der Waals surface area contributed by atoms with Gasteiger partial charge in [-0.2, -0.15) is 0 Å². The van der Waals surface area contributed by atoms with E-state index in [1.54, 1.807) is 0 Å². The highest BCUT2D eigenvalue weighted by atomic mass is 79.9. The maximum Gasteiger partial charge on any atom is 0.318 e. The average Bonchev–Trinajstić information content (AvgIpc) is 2.38. The summed E-state index contributed by atoms with van der Waals surface area (Å²) in [5.74, 6) is -0.353. The predicted molar refractivity (Wildman–Crippen MR) is 80.5 cm³/mol. The fourth-order valence-electron chi connectivity index (χ4n) is 2.22. The molecule has 6 nitrogen and oxygen atoms in total. The van der Waals surface area contributed by atoms with Crippen LogP contribution in [0.2, 0.25) is 0 Å². The van der Waals surface area contributed by atoms with E-state index >= 15 is 0 Å². The Morgan fingerprint density at radius 1 is 1.25 bits per heavy atom. The van der Waals surface area contributed by atoms with Crippen molar-refractivity contribution in [3.63, 3.8) is 0 Å². The molecule has 0 saturated carbocycles. The number of piperazine rings is 1. The number of amides is 3. The van der Waals surface area contributed by atoms with Gasteiger partial charge in [0.1, 0.15) is 0 Å². The Morgan fingerprint density at radius 2 is 1.95 bits per heavy atom. The number of nitrogens with one attached hydrogen (secondary N) is 1. The lowest BCUT2D eigenvalue weighted by molar-refractivity contribution is -0.121. The van der Waals surface area contributed by atoms with Gasteiger partial charge in [-0.1, -0.05) is 22.0 Å². The Balaban J connectivity index is 1.83. The zero-order valence-corrected chi connectivity index (χ0v) is 12.6. The molecule has 2 rings (SSSR count). The van der Waals surface area contributed by atoms with Gasteiger partial charge in [-0.15, -0.1) is 0 Å². The lowest BCUT2D eigenvalue weighted by Gasteiger charge is -2.35. The number of halogens is 1. The van der Waals surface area contributed by atoms with Crippen LogP contribution in [0.4, 0.5) is 10.5 Å². The SMILES string of the molecule is NC(=O)NC(=O)CN1CCN(c2cccc(Br)c2)CC1. The summed E-state index contributed by atoms with van der Waals surface area (Å²) in [5.41, 5.74) is 6.08. The number of urea groups is 1. The van der Waals surface area contributed by atoms with Gasteiger partial charge in [0.15, 0.2) is 0 Å². The van der Waals surface area contributed by atoms with Crippen molar-refractivity contribution >= 4 is 33.6 Å². The fraction of sp³-hybridized carbons (Fsp3) is 0.385. The van der Waals surface area contributed by atoms with Crippen LogP contribution in [0.5, 0.6) is 0 Å². The molecule has 1 heterocycles. The lowest BCUT2D eigenvalue weighted by atomic mass is 10.2. The minimum atomic E-state index is -0.803. The number of benzene rings is 1. The van der Waals surface area contributed by atoms with Gasteiger partial charge in [0.05, 0.1) is 6.54 Å². The first kappa shape index (κ1) is 14.8. The van der Waals surface area contributed by atoms with Crippen LogP contribution in [0.15, 0.2) is 28.7 Å². The minimum Gasteiger partial charge on any atom is -0.369 e. The van der Waals surface area contributed by atoms with Gasteiger partial charge in [-0.25, -0.2) is 4.79 Å². The zero-order valence-electron chi connectivity index (χ0n) is 11.0. The molecular formula is C13H17BrN4O2. The van der Waals surface area contributed by atoms with E-state index < -0.39 is 6.03 Å². The summed E-state index contributed by atoms with van der Waals surface area (Å²) in [6.45, 7) is 3.45. The quantitative estimate of drug-likeness (QED) is 0.851. The Bertz CT molecular complexity index is 501. The van der Waals surface area contributed by atoms with Crippen LogP contribution >= 0.6 is 15.9 Å². The summed E-state index contributed by atoms with van der Waals surface area (Å²) in [7, 11) is 0. The van der Waals surface area contributed by atoms with Crippen molar-refractivity contribution in [1.82, 2.24) is 10.2 Å². The molecule has 1 fully saturated rings. The van der Waals surface area contributed by atoms with Gasteiger partial charge >= 0.3 is 6.03 Å². The van der Waals surface area contributed by atoms with E-state index in [1.165, 1.54) is 5.69 Å². The first-order chi connectivity index (χ1) is 9.54. The molecule has 0 bridgehead atoms. The number of nitrogens with zero attached hydrogens (tertiary/aromatic N) is 2. The molecule has 0 unspecified atom stereocenters. The number of rotatable bonds is 3. The van der Waals surface area contributed by atoms with Crippen molar-refractivity contribution in [1.29, 1.82) is 0 Å². The van der Waals surface area contributed by atoms with Gasteiger partial charge in [0.2, 0.25) is 5.91 Å². The van der Waals surface area contributed by atoms with E-state index in [4.69, 9.17) is 5.73 Å². The Hall–Kier alpha value is -1.60. The molecule has 0 atom stereocenters. The number of primary amides is 1. The van der Waals surface area contributed by atoms with Gasteiger partial charge in [-0.05, 0) is 18.2 Å². The third-order valence-corrected chi connectivity index (χ3v) is 3.67. The smallest absolute Gasteiger partial charge is 0.318 e. The molecule has 20 heavy (non-hydrogen) atoms. The monoisotopic (exact) mass is 340 g/mol. The van der Waals surface area contributed by atoms with Crippen LogP contribution in [0.3, 0.4) is 0 Å². The van der Waals surface area contributed by atoms with Crippen molar-refractivity contribution in [3.8, 4) is 0 Å². The maximum absolute atomic E-state index is 11.4. The number of carbonyl (C=O) groups excluding carboxylic acids is 2. The predicted octanol–water partition coefficient (Wildman–Crippen LogP) is 0.766. The molecule has 1 aliphatic rings. The van der Waals surface area contributed by atoms with Crippen molar-refractivity contribution in [3.05, 3.63) is 28.7 Å². The molecule has 0 aliphatic carbocycles. The van der Waals surface area contributed by atoms with Crippen molar-refractivity contribution in [2.24, 2.45) is 5.73 Å². The highest BCUT2D eigenvalue weighted by Crippen LogP contribution is 2.20. The summed E-state index contributed by atoms with van der Waals surface area (Å²) >= 11 is 3.46. The highest BCUT2D eigenvalue weighted by molar-refractivity contribution is 9.10. The standard InChI is InChI=1S/C13H17BrN4O2/c14-10-2-1-3-11(8-10)18-6-4-17(5-7-18)9-12(19)16-13(15)20/h1-3,8H,4-7,9H2,(H3,15,16,19,20). The normalized spacial score (nSPS) is 15.9. The molecule has 0 spiro atoms. The van der Waals surface area contributed by atoms with Gasteiger partial charge in [0.25, 0.3) is 0 Å². The fourth-order valence-corrected chi connectivity index (χ4v) is 2.60. The van der Waals surface area contributed by atoms with E-state index in [2.05, 4.69) is 38.3 Å². The molecule has 0 radical (unpaired) electrons. The molecule has 0 aromatic heterocycles. The van der Waals surface area contributed by atoms with Crippen LogP contribution in [0.1, 0.15) is 0 Å². The van der Waals surface area contributed by atoms with E-state index in [0.29, 0.717) is 0 Å². The molecular weight excluding hydrogens is 324 g/mol. The van der Waals surface area contributed by atoms with E-state index in [0.717, 1.165) is 30.7 Å². The van der Waals surface area contributed by atoms with E-state index in [-0.39, 0.29) is 12.5 Å². The Labute approximate surface area is 126 Å². The largest absolute Gasteiger partial charge is 0.369 e. The van der Waals surface area contributed by atoms with Crippen molar-refractivity contribution in [2.75, 3.05) is 37.6 Å². The van der Waals surface area contributed by atoms with Gasteiger partial charge in [0, 0.05) is 36.3 Å². The lowest BCUT2D eigenvalue weighted by Crippen LogP contribution is -2.50. The summed E-state index contributed by atoms with van der Waals surface area (Å²) in [4.78, 5) is 26.3. The second-order valence-electron chi connectivity index (χ2n) is 4.66. The van der Waals surface area contributed by atoms with Crippen LogP contribution in [-0.4, -0.2) is 49.6 Å². The summed E-state index contributed by atoms with van der Waals surface area (Å²) < 4.78 is 1.05. The summed E-state index contributed by atoms with van der Waals surface area (Å²) in [5, 5.41) is 2.08. The maximum atomic E-state index is 11.4. The van der Waals surface area contributed by atoms with Crippen LogP contribution in [0, 0.1) is 0 Å². The molecule has 1 aromatic carbocycles. The molecule has 1 aromatic rings.